The Bertz CT molecular complexity index is 396. The topological polar surface area (TPSA) is 55.6 Å². The lowest BCUT2D eigenvalue weighted by atomic mass is 10.1. The Morgan fingerprint density at radius 3 is 2.88 bits per heavy atom. The summed E-state index contributed by atoms with van der Waals surface area (Å²) in [7, 11) is 1.63. The predicted octanol–water partition coefficient (Wildman–Crippen LogP) is 1.52. The summed E-state index contributed by atoms with van der Waals surface area (Å²) >= 11 is 0. The highest BCUT2D eigenvalue weighted by Gasteiger charge is 2.16. The second kappa shape index (κ2) is 6.20. The Morgan fingerprint density at radius 2 is 2.24 bits per heavy atom. The van der Waals surface area contributed by atoms with E-state index in [9.17, 15) is 9.18 Å². The Kier molecular flexibility index (Phi) is 4.90. The number of nitrogens with two attached hydrogens (primary N) is 1. The van der Waals surface area contributed by atoms with E-state index >= 15 is 0 Å². The summed E-state index contributed by atoms with van der Waals surface area (Å²) in [6.45, 7) is 3.38. The standard InChI is InChI=1S/C12H17FN2O2/c1-3-17-8-7-15(2)12(16)9-5-4-6-10(13)11(9)14/h4-6H,3,7-8,14H2,1-2H3. The number of para-hydroxylation sites is 1. The summed E-state index contributed by atoms with van der Waals surface area (Å²) < 4.78 is 18.3. The van der Waals surface area contributed by atoms with E-state index in [-0.39, 0.29) is 17.2 Å². The lowest BCUT2D eigenvalue weighted by Gasteiger charge is -2.18. The molecule has 94 valence electrons. The van der Waals surface area contributed by atoms with Crippen LogP contribution >= 0.6 is 0 Å². The van der Waals surface area contributed by atoms with Gasteiger partial charge in [-0.25, -0.2) is 4.39 Å². The van der Waals surface area contributed by atoms with Crippen molar-refractivity contribution in [3.63, 3.8) is 0 Å². The number of ether oxygens (including phenoxy) is 1. The van der Waals surface area contributed by atoms with E-state index < -0.39 is 5.82 Å². The van der Waals surface area contributed by atoms with E-state index in [0.717, 1.165) is 0 Å². The number of anilines is 1. The van der Waals surface area contributed by atoms with Crippen molar-refractivity contribution in [2.75, 3.05) is 32.5 Å². The summed E-state index contributed by atoms with van der Waals surface area (Å²) in [6, 6.07) is 4.21. The Balaban J connectivity index is 2.71. The fraction of sp³-hybridized carbons (Fsp3) is 0.417. The summed E-state index contributed by atoms with van der Waals surface area (Å²) in [6.07, 6.45) is 0. The highest BCUT2D eigenvalue weighted by molar-refractivity contribution is 5.99. The number of amides is 1. The molecule has 17 heavy (non-hydrogen) atoms. The molecule has 0 spiro atoms. The van der Waals surface area contributed by atoms with Crippen LogP contribution in [0.2, 0.25) is 0 Å². The minimum absolute atomic E-state index is 0.110. The lowest BCUT2D eigenvalue weighted by molar-refractivity contribution is 0.0710. The number of halogens is 1. The average Bonchev–Trinajstić information content (AvgIpc) is 2.32. The fourth-order valence-corrected chi connectivity index (χ4v) is 1.38. The van der Waals surface area contributed by atoms with Crippen molar-refractivity contribution in [2.45, 2.75) is 6.92 Å². The van der Waals surface area contributed by atoms with Crippen LogP contribution in [0.25, 0.3) is 0 Å². The minimum atomic E-state index is -0.575. The number of nitrogen functional groups attached to an aromatic ring is 1. The molecule has 5 heteroatoms. The van der Waals surface area contributed by atoms with Gasteiger partial charge in [0.25, 0.3) is 5.91 Å². The lowest BCUT2D eigenvalue weighted by Crippen LogP contribution is -2.30. The Hall–Kier alpha value is -1.62. The molecule has 0 saturated carbocycles. The van der Waals surface area contributed by atoms with Crippen LogP contribution in [0.1, 0.15) is 17.3 Å². The van der Waals surface area contributed by atoms with Crippen LogP contribution < -0.4 is 5.73 Å². The molecule has 0 saturated heterocycles. The summed E-state index contributed by atoms with van der Waals surface area (Å²) in [5.41, 5.74) is 5.60. The van der Waals surface area contributed by atoms with Gasteiger partial charge in [-0.2, -0.15) is 0 Å². The molecule has 4 nitrogen and oxygen atoms in total. The molecule has 0 heterocycles. The molecule has 1 rings (SSSR count). The maximum Gasteiger partial charge on any atom is 0.255 e. The first kappa shape index (κ1) is 13.4. The first-order chi connectivity index (χ1) is 8.07. The first-order valence-electron chi connectivity index (χ1n) is 5.45. The van der Waals surface area contributed by atoms with Crippen molar-refractivity contribution in [2.24, 2.45) is 0 Å². The second-order valence-corrected chi connectivity index (χ2v) is 3.62. The van der Waals surface area contributed by atoms with Crippen LogP contribution in [-0.4, -0.2) is 37.6 Å². The zero-order valence-electron chi connectivity index (χ0n) is 10.1. The minimum Gasteiger partial charge on any atom is -0.396 e. The molecule has 0 aliphatic rings. The van der Waals surface area contributed by atoms with Crippen LogP contribution in [0, 0.1) is 5.82 Å². The molecule has 1 amide bonds. The first-order valence-corrected chi connectivity index (χ1v) is 5.45. The number of nitrogens with zero attached hydrogens (tertiary/aromatic N) is 1. The van der Waals surface area contributed by atoms with Gasteiger partial charge >= 0.3 is 0 Å². The van der Waals surface area contributed by atoms with E-state index in [1.54, 1.807) is 7.05 Å². The molecule has 1 aromatic rings. The monoisotopic (exact) mass is 240 g/mol. The van der Waals surface area contributed by atoms with E-state index in [2.05, 4.69) is 0 Å². The zero-order valence-corrected chi connectivity index (χ0v) is 10.1. The highest BCUT2D eigenvalue weighted by Crippen LogP contribution is 2.17. The third-order valence-corrected chi connectivity index (χ3v) is 2.41. The van der Waals surface area contributed by atoms with Gasteiger partial charge in [0.2, 0.25) is 0 Å². The van der Waals surface area contributed by atoms with Crippen LogP contribution in [-0.2, 0) is 4.74 Å². The molecule has 0 unspecified atom stereocenters. The van der Waals surface area contributed by atoms with Gasteiger partial charge < -0.3 is 15.4 Å². The average molecular weight is 240 g/mol. The SMILES string of the molecule is CCOCCN(C)C(=O)c1cccc(F)c1N. The van der Waals surface area contributed by atoms with Crippen molar-refractivity contribution >= 4 is 11.6 Å². The molecule has 0 fully saturated rings. The van der Waals surface area contributed by atoms with Gasteiger partial charge in [-0.05, 0) is 19.1 Å². The summed E-state index contributed by atoms with van der Waals surface area (Å²) in [5, 5.41) is 0. The number of likely N-dealkylation sites (N-methyl/N-ethyl adjacent to an activating group) is 1. The third-order valence-electron chi connectivity index (χ3n) is 2.41. The third kappa shape index (κ3) is 3.42. The van der Waals surface area contributed by atoms with Crippen LogP contribution in [0.5, 0.6) is 0 Å². The maximum absolute atomic E-state index is 13.2. The molecule has 2 N–H and O–H groups in total. The van der Waals surface area contributed by atoms with Gasteiger partial charge in [0.05, 0.1) is 17.9 Å². The van der Waals surface area contributed by atoms with Gasteiger partial charge in [0, 0.05) is 20.2 Å². The predicted molar refractivity (Wildman–Crippen MR) is 64.3 cm³/mol. The quantitative estimate of drug-likeness (QED) is 0.627. The molecule has 1 aromatic carbocycles. The number of hydrogen-bond donors (Lipinski definition) is 1. The van der Waals surface area contributed by atoms with E-state index in [0.29, 0.717) is 19.8 Å². The molecule has 0 aliphatic heterocycles. The molecule has 0 aliphatic carbocycles. The normalized spacial score (nSPS) is 10.3. The fourth-order valence-electron chi connectivity index (χ4n) is 1.38. The summed E-state index contributed by atoms with van der Waals surface area (Å²) in [5.74, 6) is -0.879. The van der Waals surface area contributed by atoms with Crippen LogP contribution in [0.3, 0.4) is 0 Å². The van der Waals surface area contributed by atoms with Crippen molar-refractivity contribution in [1.29, 1.82) is 0 Å². The largest absolute Gasteiger partial charge is 0.396 e. The van der Waals surface area contributed by atoms with Crippen molar-refractivity contribution in [3.8, 4) is 0 Å². The van der Waals surface area contributed by atoms with Crippen LogP contribution in [0.4, 0.5) is 10.1 Å². The van der Waals surface area contributed by atoms with Gasteiger partial charge in [-0.15, -0.1) is 0 Å². The Morgan fingerprint density at radius 1 is 1.53 bits per heavy atom. The molecule has 0 bridgehead atoms. The number of carbonyl (C=O) groups excluding carboxylic acids is 1. The van der Waals surface area contributed by atoms with Crippen molar-refractivity contribution in [3.05, 3.63) is 29.6 Å². The van der Waals surface area contributed by atoms with Gasteiger partial charge in [-0.1, -0.05) is 6.07 Å². The zero-order chi connectivity index (χ0) is 12.8. The Labute approximate surface area is 100 Å². The van der Waals surface area contributed by atoms with Crippen molar-refractivity contribution in [1.82, 2.24) is 4.90 Å². The van der Waals surface area contributed by atoms with Crippen molar-refractivity contribution < 1.29 is 13.9 Å². The molecule has 0 aromatic heterocycles. The summed E-state index contributed by atoms with van der Waals surface area (Å²) in [4.78, 5) is 13.4. The number of benzene rings is 1. The number of rotatable bonds is 5. The highest BCUT2D eigenvalue weighted by atomic mass is 19.1. The van der Waals surface area contributed by atoms with Gasteiger partial charge in [0.15, 0.2) is 0 Å². The number of hydrogen-bond acceptors (Lipinski definition) is 3. The van der Waals surface area contributed by atoms with Crippen LogP contribution in [0.15, 0.2) is 18.2 Å². The number of carbonyl (C=O) groups is 1. The van der Waals surface area contributed by atoms with E-state index in [4.69, 9.17) is 10.5 Å². The van der Waals surface area contributed by atoms with E-state index in [1.807, 2.05) is 6.92 Å². The maximum atomic E-state index is 13.2. The molecular formula is C12H17FN2O2. The van der Waals surface area contributed by atoms with Gasteiger partial charge in [-0.3, -0.25) is 4.79 Å². The molecule has 0 radical (unpaired) electrons. The molecular weight excluding hydrogens is 223 g/mol. The second-order valence-electron chi connectivity index (χ2n) is 3.62. The van der Waals surface area contributed by atoms with E-state index in [1.165, 1.54) is 23.1 Å². The molecule has 0 atom stereocenters. The van der Waals surface area contributed by atoms with Gasteiger partial charge in [0.1, 0.15) is 5.82 Å². The smallest absolute Gasteiger partial charge is 0.255 e.